The van der Waals surface area contributed by atoms with Crippen molar-refractivity contribution >= 4 is 16.9 Å². The average Bonchev–Trinajstić information content (AvgIpc) is 2.88. The molecular formula is C20H22N2O2. The predicted octanol–water partition coefficient (Wildman–Crippen LogP) is 3.77. The molecule has 1 atom stereocenters. The van der Waals surface area contributed by atoms with Gasteiger partial charge in [-0.25, -0.2) is 4.79 Å². The maximum atomic E-state index is 11.7. The standard InChI is InChI=1S/C20H22N2O2/c1-14(15-8-4-3-5-9-15)12-21-13-17-16-10-6-7-11-18(16)22(2)19(17)20(23)24/h3-11,14,21H,12-13H2,1-2H3,(H,23,24)/t14-/m1/s1. The highest BCUT2D eigenvalue weighted by Crippen LogP contribution is 2.25. The molecule has 0 radical (unpaired) electrons. The molecular weight excluding hydrogens is 300 g/mol. The summed E-state index contributed by atoms with van der Waals surface area (Å²) < 4.78 is 1.76. The maximum absolute atomic E-state index is 11.7. The molecule has 3 aromatic rings. The predicted molar refractivity (Wildman–Crippen MR) is 96.4 cm³/mol. The Hall–Kier alpha value is -2.59. The van der Waals surface area contributed by atoms with Gasteiger partial charge in [-0.2, -0.15) is 0 Å². The summed E-state index contributed by atoms with van der Waals surface area (Å²) >= 11 is 0. The molecule has 0 spiro atoms. The topological polar surface area (TPSA) is 54.3 Å². The van der Waals surface area contributed by atoms with Crippen molar-refractivity contribution in [3.05, 3.63) is 71.4 Å². The SMILES string of the molecule is C[C@H](CNCc1c(C(=O)O)n(C)c2ccccc12)c1ccccc1. The first-order valence-electron chi connectivity index (χ1n) is 8.15. The zero-order valence-electron chi connectivity index (χ0n) is 14.0. The third-order valence-electron chi connectivity index (χ3n) is 4.54. The summed E-state index contributed by atoms with van der Waals surface area (Å²) in [5.41, 5.74) is 3.43. The fourth-order valence-corrected chi connectivity index (χ4v) is 3.24. The van der Waals surface area contributed by atoms with Crippen LogP contribution in [-0.4, -0.2) is 22.2 Å². The molecule has 2 N–H and O–H groups in total. The summed E-state index contributed by atoms with van der Waals surface area (Å²) in [4.78, 5) is 11.7. The number of carboxylic acid groups (broad SMARTS) is 1. The van der Waals surface area contributed by atoms with Crippen molar-refractivity contribution in [1.82, 2.24) is 9.88 Å². The highest BCUT2D eigenvalue weighted by Gasteiger charge is 2.20. The van der Waals surface area contributed by atoms with E-state index in [2.05, 4.69) is 24.4 Å². The molecule has 1 aromatic heterocycles. The fourth-order valence-electron chi connectivity index (χ4n) is 3.24. The number of rotatable bonds is 6. The largest absolute Gasteiger partial charge is 0.477 e. The summed E-state index contributed by atoms with van der Waals surface area (Å²) in [7, 11) is 1.81. The number of carboxylic acids is 1. The van der Waals surface area contributed by atoms with E-state index in [-0.39, 0.29) is 0 Å². The van der Waals surface area contributed by atoms with Crippen molar-refractivity contribution in [2.24, 2.45) is 7.05 Å². The van der Waals surface area contributed by atoms with Crippen molar-refractivity contribution in [1.29, 1.82) is 0 Å². The van der Waals surface area contributed by atoms with E-state index in [4.69, 9.17) is 0 Å². The van der Waals surface area contributed by atoms with Crippen LogP contribution in [0.4, 0.5) is 0 Å². The second-order valence-electron chi connectivity index (χ2n) is 6.15. The van der Waals surface area contributed by atoms with Gasteiger partial charge < -0.3 is 15.0 Å². The van der Waals surface area contributed by atoms with Crippen LogP contribution in [0.5, 0.6) is 0 Å². The van der Waals surface area contributed by atoms with Crippen LogP contribution in [0.3, 0.4) is 0 Å². The lowest BCUT2D eigenvalue weighted by atomic mass is 10.0. The number of nitrogens with zero attached hydrogens (tertiary/aromatic N) is 1. The molecule has 0 bridgehead atoms. The minimum atomic E-state index is -0.887. The van der Waals surface area contributed by atoms with E-state index in [0.717, 1.165) is 23.0 Å². The molecule has 4 heteroatoms. The molecule has 24 heavy (non-hydrogen) atoms. The first kappa shape index (κ1) is 16.3. The second kappa shape index (κ2) is 6.89. The van der Waals surface area contributed by atoms with Crippen LogP contribution in [0.2, 0.25) is 0 Å². The molecule has 3 rings (SSSR count). The van der Waals surface area contributed by atoms with E-state index < -0.39 is 5.97 Å². The molecule has 0 unspecified atom stereocenters. The number of fused-ring (bicyclic) bond motifs is 1. The molecule has 0 saturated heterocycles. The Morgan fingerprint density at radius 3 is 2.50 bits per heavy atom. The van der Waals surface area contributed by atoms with E-state index in [9.17, 15) is 9.90 Å². The van der Waals surface area contributed by atoms with Crippen molar-refractivity contribution < 1.29 is 9.90 Å². The van der Waals surface area contributed by atoms with Gasteiger partial charge in [0.05, 0.1) is 0 Å². The molecule has 1 heterocycles. The normalized spacial score (nSPS) is 12.4. The lowest BCUT2D eigenvalue weighted by Crippen LogP contribution is -2.21. The fraction of sp³-hybridized carbons (Fsp3) is 0.250. The second-order valence-corrected chi connectivity index (χ2v) is 6.15. The van der Waals surface area contributed by atoms with Crippen LogP contribution in [0.1, 0.15) is 34.5 Å². The summed E-state index contributed by atoms with van der Waals surface area (Å²) in [6.07, 6.45) is 0. The van der Waals surface area contributed by atoms with Crippen LogP contribution in [-0.2, 0) is 13.6 Å². The molecule has 0 aliphatic carbocycles. The van der Waals surface area contributed by atoms with Gasteiger partial charge in [-0.15, -0.1) is 0 Å². The number of aromatic carboxylic acids is 1. The van der Waals surface area contributed by atoms with Crippen LogP contribution in [0.15, 0.2) is 54.6 Å². The molecule has 0 aliphatic rings. The van der Waals surface area contributed by atoms with Crippen LogP contribution < -0.4 is 5.32 Å². The number of hydrogen-bond donors (Lipinski definition) is 2. The van der Waals surface area contributed by atoms with Gasteiger partial charge in [0, 0.05) is 36.6 Å². The zero-order valence-corrected chi connectivity index (χ0v) is 14.0. The van der Waals surface area contributed by atoms with Gasteiger partial charge in [0.2, 0.25) is 0 Å². The van der Waals surface area contributed by atoms with Gasteiger partial charge in [0.25, 0.3) is 0 Å². The van der Waals surface area contributed by atoms with E-state index in [1.54, 1.807) is 4.57 Å². The molecule has 4 nitrogen and oxygen atoms in total. The molecule has 0 saturated carbocycles. The van der Waals surface area contributed by atoms with Crippen molar-refractivity contribution in [2.45, 2.75) is 19.4 Å². The number of carbonyl (C=O) groups is 1. The van der Waals surface area contributed by atoms with Crippen LogP contribution >= 0.6 is 0 Å². The van der Waals surface area contributed by atoms with Gasteiger partial charge >= 0.3 is 5.97 Å². The average molecular weight is 322 g/mol. The van der Waals surface area contributed by atoms with Crippen molar-refractivity contribution in [3.8, 4) is 0 Å². The summed E-state index contributed by atoms with van der Waals surface area (Å²) in [6.45, 7) is 3.51. The lowest BCUT2D eigenvalue weighted by molar-refractivity contribution is 0.0685. The number of aromatic nitrogens is 1. The molecule has 0 aliphatic heterocycles. The lowest BCUT2D eigenvalue weighted by Gasteiger charge is -2.13. The van der Waals surface area contributed by atoms with E-state index in [1.165, 1.54) is 5.56 Å². The Labute approximate surface area is 141 Å². The Morgan fingerprint density at radius 2 is 1.79 bits per heavy atom. The molecule has 124 valence electrons. The minimum Gasteiger partial charge on any atom is -0.477 e. The Kier molecular flexibility index (Phi) is 4.67. The van der Waals surface area contributed by atoms with E-state index in [0.29, 0.717) is 18.2 Å². The number of hydrogen-bond acceptors (Lipinski definition) is 2. The first-order valence-corrected chi connectivity index (χ1v) is 8.15. The monoisotopic (exact) mass is 322 g/mol. The summed E-state index contributed by atoms with van der Waals surface area (Å²) in [5.74, 6) is -0.518. The van der Waals surface area contributed by atoms with Crippen molar-refractivity contribution in [2.75, 3.05) is 6.54 Å². The highest BCUT2D eigenvalue weighted by molar-refractivity contribution is 5.98. The Balaban J connectivity index is 1.80. The van der Waals surface area contributed by atoms with E-state index >= 15 is 0 Å². The van der Waals surface area contributed by atoms with Crippen molar-refractivity contribution in [3.63, 3.8) is 0 Å². The Bertz CT molecular complexity index is 853. The van der Waals surface area contributed by atoms with E-state index in [1.807, 2.05) is 49.5 Å². The highest BCUT2D eigenvalue weighted by atomic mass is 16.4. The summed E-state index contributed by atoms with van der Waals surface area (Å²) in [6, 6.07) is 18.2. The molecule has 2 aromatic carbocycles. The number of aryl methyl sites for hydroxylation is 1. The summed E-state index contributed by atoms with van der Waals surface area (Å²) in [5, 5.41) is 14.0. The maximum Gasteiger partial charge on any atom is 0.352 e. The minimum absolute atomic E-state index is 0.357. The van der Waals surface area contributed by atoms with Gasteiger partial charge in [0.15, 0.2) is 0 Å². The Morgan fingerprint density at radius 1 is 1.12 bits per heavy atom. The third kappa shape index (κ3) is 3.05. The number of para-hydroxylation sites is 1. The quantitative estimate of drug-likeness (QED) is 0.726. The first-order chi connectivity index (χ1) is 11.6. The smallest absolute Gasteiger partial charge is 0.352 e. The number of benzene rings is 2. The van der Waals surface area contributed by atoms with Gasteiger partial charge in [-0.1, -0.05) is 55.5 Å². The molecule has 0 fully saturated rings. The zero-order chi connectivity index (χ0) is 17.1. The third-order valence-corrected chi connectivity index (χ3v) is 4.54. The van der Waals surface area contributed by atoms with Crippen LogP contribution in [0, 0.1) is 0 Å². The number of nitrogens with one attached hydrogen (secondary N) is 1. The molecule has 0 amide bonds. The van der Waals surface area contributed by atoms with Crippen LogP contribution in [0.25, 0.3) is 10.9 Å². The van der Waals surface area contributed by atoms with Gasteiger partial charge in [0.1, 0.15) is 5.69 Å². The van der Waals surface area contributed by atoms with Gasteiger partial charge in [-0.05, 0) is 17.5 Å². The van der Waals surface area contributed by atoms with Gasteiger partial charge in [-0.3, -0.25) is 0 Å².